The van der Waals surface area contributed by atoms with Crippen molar-refractivity contribution in [3.8, 4) is 27.4 Å². The van der Waals surface area contributed by atoms with Gasteiger partial charge in [0.15, 0.2) is 0 Å². The number of nitrogens with zero attached hydrogens (tertiary/aromatic N) is 3. The third-order valence-electron chi connectivity index (χ3n) is 16.2. The summed E-state index contributed by atoms with van der Waals surface area (Å²) in [7, 11) is 0. The van der Waals surface area contributed by atoms with Crippen LogP contribution in [0.1, 0.15) is 78.0 Å². The van der Waals surface area contributed by atoms with Gasteiger partial charge in [-0.1, -0.05) is 121 Å². The van der Waals surface area contributed by atoms with Crippen LogP contribution in [0.15, 0.2) is 148 Å². The number of para-hydroxylation sites is 1. The largest absolute Gasteiger partial charge is 0.456 e. The number of rotatable bonds is 2. The van der Waals surface area contributed by atoms with E-state index in [1.807, 2.05) is 0 Å². The van der Waals surface area contributed by atoms with Crippen molar-refractivity contribution in [1.82, 2.24) is 9.55 Å². The number of aromatic nitrogens is 2. The zero-order chi connectivity index (χ0) is 45.7. The van der Waals surface area contributed by atoms with Gasteiger partial charge >= 0.3 is 6.85 Å². The summed E-state index contributed by atoms with van der Waals surface area (Å²) < 4.78 is 17.4. The summed E-state index contributed by atoms with van der Waals surface area (Å²) in [5, 5.41) is 8.04. The van der Waals surface area contributed by atoms with Crippen molar-refractivity contribution in [2.24, 2.45) is 0 Å². The second kappa shape index (κ2) is 12.9. The molecule has 0 saturated heterocycles. The summed E-state index contributed by atoms with van der Waals surface area (Å²) in [6.07, 6.45) is 2.32. The molecule has 0 amide bonds. The third-order valence-corrected chi connectivity index (χ3v) is 17.3. The maximum atomic E-state index is 7.03. The first-order valence-corrected chi connectivity index (χ1v) is 25.0. The molecule has 4 aromatic heterocycles. The molecule has 0 fully saturated rings. The van der Waals surface area contributed by atoms with E-state index in [4.69, 9.17) is 13.8 Å². The number of furan rings is 2. The Morgan fingerprint density at radius 2 is 1.28 bits per heavy atom. The number of hydrogen-bond acceptors (Lipinski definition) is 5. The lowest BCUT2D eigenvalue weighted by Gasteiger charge is -2.42. The molecule has 68 heavy (non-hydrogen) atoms. The van der Waals surface area contributed by atoms with E-state index in [1.165, 1.54) is 82.0 Å². The van der Waals surface area contributed by atoms with E-state index in [1.54, 1.807) is 11.3 Å². The van der Waals surface area contributed by atoms with Crippen molar-refractivity contribution in [3.05, 3.63) is 156 Å². The molecule has 0 saturated carbocycles. The van der Waals surface area contributed by atoms with Crippen LogP contribution in [0.4, 0.5) is 11.4 Å². The molecule has 0 spiro atoms. The Balaban J connectivity index is 1.08. The summed E-state index contributed by atoms with van der Waals surface area (Å²) >= 11 is 1.77. The zero-order valence-electron chi connectivity index (χ0n) is 39.3. The van der Waals surface area contributed by atoms with Gasteiger partial charge in [0.2, 0.25) is 0 Å². The molecular formula is C61H48BN3O2S. The molecule has 5 nitrogen and oxygen atoms in total. The highest BCUT2D eigenvalue weighted by molar-refractivity contribution is 7.21. The van der Waals surface area contributed by atoms with Crippen LogP contribution < -0.4 is 15.7 Å². The lowest BCUT2D eigenvalue weighted by Crippen LogP contribution is -2.60. The summed E-state index contributed by atoms with van der Waals surface area (Å²) in [6.45, 7) is 16.4. The van der Waals surface area contributed by atoms with Crippen LogP contribution in [0.5, 0.6) is 0 Å². The lowest BCUT2D eigenvalue weighted by atomic mass is 9.44. The van der Waals surface area contributed by atoms with Gasteiger partial charge in [0.25, 0.3) is 0 Å². The second-order valence-electron chi connectivity index (χ2n) is 22.2. The van der Waals surface area contributed by atoms with E-state index in [0.717, 1.165) is 73.1 Å². The molecule has 7 heteroatoms. The molecule has 3 aliphatic rings. The Bertz CT molecular complexity index is 4200. The fourth-order valence-electron chi connectivity index (χ4n) is 12.5. The molecule has 0 N–H and O–H groups in total. The Labute approximate surface area is 398 Å². The molecule has 0 radical (unpaired) electrons. The van der Waals surface area contributed by atoms with Crippen LogP contribution in [0, 0.1) is 0 Å². The van der Waals surface area contributed by atoms with Gasteiger partial charge in [-0.05, 0) is 129 Å². The molecule has 0 unspecified atom stereocenters. The maximum Gasteiger partial charge on any atom is 0.333 e. The van der Waals surface area contributed by atoms with Crippen LogP contribution in [-0.2, 0) is 16.2 Å². The Kier molecular flexibility index (Phi) is 7.40. The predicted molar refractivity (Wildman–Crippen MR) is 287 cm³/mol. The molecule has 6 heterocycles. The molecular weight excluding hydrogens is 850 g/mol. The van der Waals surface area contributed by atoms with Gasteiger partial charge in [-0.2, -0.15) is 0 Å². The third kappa shape index (κ3) is 5.15. The molecule has 8 aromatic carbocycles. The molecule has 1 aliphatic carbocycles. The highest BCUT2D eigenvalue weighted by atomic mass is 32.1. The van der Waals surface area contributed by atoms with E-state index in [-0.39, 0.29) is 23.1 Å². The number of hydrogen-bond donors (Lipinski definition) is 0. The topological polar surface area (TPSA) is 47.3 Å². The zero-order valence-corrected chi connectivity index (χ0v) is 40.2. The van der Waals surface area contributed by atoms with Crippen molar-refractivity contribution in [3.63, 3.8) is 0 Å². The van der Waals surface area contributed by atoms with Gasteiger partial charge in [-0.25, -0.2) is 4.98 Å². The average molecular weight is 898 g/mol. The first kappa shape index (κ1) is 39.0. The SMILES string of the molecule is CC(C)(C)c1ccc(N2B3c4cc5nc(-c6ccccc6)sc5cc4-n4c5cc6c(cc5c5ccc(c3c54)-c3cc4oc5cc7c(cc5c4cc32)C(C)(C)CCC7(C)C)oc2ccccc26)cc1. The monoisotopic (exact) mass is 897 g/mol. The first-order chi connectivity index (χ1) is 32.8. The van der Waals surface area contributed by atoms with Crippen molar-refractivity contribution in [2.75, 3.05) is 4.81 Å². The average Bonchev–Trinajstić information content (AvgIpc) is 4.10. The van der Waals surface area contributed by atoms with Gasteiger partial charge < -0.3 is 18.2 Å². The number of thiazole rings is 1. The molecule has 15 rings (SSSR count). The van der Waals surface area contributed by atoms with Gasteiger partial charge in [0.05, 0.1) is 21.3 Å². The first-order valence-electron chi connectivity index (χ1n) is 24.2. The van der Waals surface area contributed by atoms with Crippen LogP contribution >= 0.6 is 11.3 Å². The van der Waals surface area contributed by atoms with Gasteiger partial charge in [-0.3, -0.25) is 0 Å². The fourth-order valence-corrected chi connectivity index (χ4v) is 13.5. The van der Waals surface area contributed by atoms with Gasteiger partial charge in [-0.15, -0.1) is 11.3 Å². The van der Waals surface area contributed by atoms with E-state index in [9.17, 15) is 0 Å². The molecule has 0 bridgehead atoms. The van der Waals surface area contributed by atoms with Gasteiger partial charge in [0, 0.05) is 60.5 Å². The molecule has 12 aromatic rings. The summed E-state index contributed by atoms with van der Waals surface area (Å²) in [5.74, 6) is 0. The Morgan fingerprint density at radius 1 is 0.588 bits per heavy atom. The normalized spacial score (nSPS) is 15.9. The highest BCUT2D eigenvalue weighted by Crippen LogP contribution is 2.52. The van der Waals surface area contributed by atoms with Crippen molar-refractivity contribution < 1.29 is 8.83 Å². The van der Waals surface area contributed by atoms with E-state index in [2.05, 4.69) is 197 Å². The summed E-state index contributed by atoms with van der Waals surface area (Å²) in [5.41, 5.74) is 21.1. The molecule has 0 atom stereocenters. The summed E-state index contributed by atoms with van der Waals surface area (Å²) in [6, 6.07) is 52.3. The molecule has 2 aliphatic heterocycles. The quantitative estimate of drug-likeness (QED) is 0.162. The minimum Gasteiger partial charge on any atom is -0.456 e. The van der Waals surface area contributed by atoms with Crippen molar-refractivity contribution in [1.29, 1.82) is 0 Å². The standard InChI is InChI=1S/C61H48BN3O2S/c1-59(2,3)34-17-19-35(20-18-34)65-49-27-43-41-25-44-45(61(6,7)24-23-60(44,4)5)30-54(41)67-53(43)28-39(49)37-21-22-38-40-29-52-42(36-15-11-12-16-51(36)66-52)26-48(40)64-50-32-55-47(31-46(50)62(65)56(37)57(38)64)63-58(68-55)33-13-9-8-10-14-33/h8-22,25-32H,23-24H2,1-7H3. The highest BCUT2D eigenvalue weighted by Gasteiger charge is 2.45. The smallest absolute Gasteiger partial charge is 0.333 e. The van der Waals surface area contributed by atoms with Crippen LogP contribution in [0.2, 0.25) is 0 Å². The van der Waals surface area contributed by atoms with Crippen LogP contribution in [0.3, 0.4) is 0 Å². The van der Waals surface area contributed by atoms with E-state index in [0.29, 0.717) is 0 Å². The number of anilines is 2. The summed E-state index contributed by atoms with van der Waals surface area (Å²) in [4.78, 5) is 8.04. The van der Waals surface area contributed by atoms with Crippen LogP contribution in [-0.4, -0.2) is 16.4 Å². The van der Waals surface area contributed by atoms with Crippen molar-refractivity contribution in [2.45, 2.75) is 77.6 Å². The fraction of sp³-hybridized carbons (Fsp3) is 0.197. The molecule has 328 valence electrons. The second-order valence-corrected chi connectivity index (χ2v) is 23.2. The van der Waals surface area contributed by atoms with E-state index >= 15 is 0 Å². The minimum atomic E-state index is -0.160. The lowest BCUT2D eigenvalue weighted by molar-refractivity contribution is 0.332. The number of fused-ring (bicyclic) bond motifs is 16. The maximum absolute atomic E-state index is 7.03. The van der Waals surface area contributed by atoms with Crippen LogP contribution in [0.25, 0.3) is 103 Å². The van der Waals surface area contributed by atoms with Gasteiger partial charge in [0.1, 0.15) is 27.3 Å². The minimum absolute atomic E-state index is 0.00995. The Morgan fingerprint density at radius 3 is 2.07 bits per heavy atom. The van der Waals surface area contributed by atoms with Crippen molar-refractivity contribution >= 4 is 116 Å². The number of benzene rings is 8. The van der Waals surface area contributed by atoms with E-state index < -0.39 is 0 Å². The predicted octanol–water partition coefficient (Wildman–Crippen LogP) is 15.7. The Hall–Kier alpha value is -7.09.